The number of alkyl halides is 5. The van der Waals surface area contributed by atoms with Crippen LogP contribution in [0, 0.1) is 23.2 Å². The van der Waals surface area contributed by atoms with Crippen molar-refractivity contribution in [3.63, 3.8) is 0 Å². The molecule has 1 aliphatic carbocycles. The molecular weight excluding hydrogens is 447 g/mol. The Labute approximate surface area is 186 Å². The molecule has 2 aliphatic rings. The number of carbonyl (C=O) groups is 1. The molecule has 1 N–H and O–H groups in total. The molecule has 1 aliphatic heterocycles. The zero-order chi connectivity index (χ0) is 23.8. The standard InChI is InChI=1S/C22H23F5N4O2/c23-21(24)4-1-13(2-5-21)7-17-19(22(25,26)27)30-18-9-15(8-16(10-28)31(17)18)20(32)29-11-14-3-6-33-12-14/h8-9,13-14H,1-7,11-12H2,(H,29,32). The minimum absolute atomic E-state index is 0.0283. The van der Waals surface area contributed by atoms with Crippen molar-refractivity contribution in [1.29, 1.82) is 5.26 Å². The summed E-state index contributed by atoms with van der Waals surface area (Å²) in [4.78, 5) is 16.3. The maximum absolute atomic E-state index is 13.8. The molecule has 0 radical (unpaired) electrons. The number of ether oxygens (including phenoxy) is 1. The Morgan fingerprint density at radius 2 is 1.97 bits per heavy atom. The molecule has 0 spiro atoms. The van der Waals surface area contributed by atoms with Crippen molar-refractivity contribution in [1.82, 2.24) is 14.7 Å². The van der Waals surface area contributed by atoms with Crippen LogP contribution in [0.3, 0.4) is 0 Å². The van der Waals surface area contributed by atoms with Crippen molar-refractivity contribution in [3.8, 4) is 6.07 Å². The number of nitrogens with one attached hydrogen (secondary N) is 1. The first-order valence-corrected chi connectivity index (χ1v) is 10.8. The second kappa shape index (κ2) is 8.89. The smallest absolute Gasteiger partial charge is 0.381 e. The number of pyridine rings is 1. The Morgan fingerprint density at radius 1 is 1.24 bits per heavy atom. The number of hydrogen-bond donors (Lipinski definition) is 1. The molecule has 1 saturated heterocycles. The highest BCUT2D eigenvalue weighted by atomic mass is 19.4. The summed E-state index contributed by atoms with van der Waals surface area (Å²) in [5, 5.41) is 12.4. The summed E-state index contributed by atoms with van der Waals surface area (Å²) in [6.07, 6.45) is -4.70. The third-order valence-electron chi connectivity index (χ3n) is 6.36. The second-order valence-electron chi connectivity index (χ2n) is 8.78. The Hall–Kier alpha value is -2.74. The van der Waals surface area contributed by atoms with E-state index in [1.165, 1.54) is 12.1 Å². The molecule has 3 heterocycles. The molecule has 1 saturated carbocycles. The van der Waals surface area contributed by atoms with Gasteiger partial charge in [0.1, 0.15) is 17.4 Å². The van der Waals surface area contributed by atoms with Crippen LogP contribution in [-0.2, 0) is 17.3 Å². The van der Waals surface area contributed by atoms with E-state index in [2.05, 4.69) is 10.3 Å². The normalized spacial score (nSPS) is 21.3. The number of aromatic nitrogens is 2. The molecular formula is C22H23F5N4O2. The highest BCUT2D eigenvalue weighted by molar-refractivity contribution is 5.95. The van der Waals surface area contributed by atoms with Crippen LogP contribution >= 0.6 is 0 Å². The lowest BCUT2D eigenvalue weighted by Gasteiger charge is -2.28. The molecule has 6 nitrogen and oxygen atoms in total. The van der Waals surface area contributed by atoms with Crippen LogP contribution in [0.4, 0.5) is 22.0 Å². The lowest BCUT2D eigenvalue weighted by atomic mass is 9.83. The lowest BCUT2D eigenvalue weighted by molar-refractivity contribution is -0.141. The SMILES string of the molecule is N#Cc1cc(C(=O)NCC2CCOC2)cc2nc(C(F)(F)F)c(CC3CCC(F)(F)CC3)n12. The number of nitrogens with zero attached hydrogens (tertiary/aromatic N) is 3. The molecule has 2 aromatic rings. The quantitative estimate of drug-likeness (QED) is 0.659. The van der Waals surface area contributed by atoms with E-state index in [-0.39, 0.29) is 66.5 Å². The summed E-state index contributed by atoms with van der Waals surface area (Å²) in [5.74, 6) is -3.54. The van der Waals surface area contributed by atoms with Gasteiger partial charge in [-0.2, -0.15) is 18.4 Å². The third kappa shape index (κ3) is 5.11. The Balaban J connectivity index is 1.66. The number of halogens is 5. The zero-order valence-corrected chi connectivity index (χ0v) is 17.7. The summed E-state index contributed by atoms with van der Waals surface area (Å²) in [7, 11) is 0. The molecule has 0 aromatic carbocycles. The van der Waals surface area contributed by atoms with Crippen molar-refractivity contribution in [3.05, 3.63) is 34.8 Å². The number of imidazole rings is 1. The van der Waals surface area contributed by atoms with E-state index < -0.39 is 23.7 Å². The van der Waals surface area contributed by atoms with Gasteiger partial charge in [0.25, 0.3) is 5.91 Å². The second-order valence-corrected chi connectivity index (χ2v) is 8.78. The van der Waals surface area contributed by atoms with Gasteiger partial charge >= 0.3 is 6.18 Å². The van der Waals surface area contributed by atoms with Gasteiger partial charge in [0.15, 0.2) is 5.69 Å². The first kappa shape index (κ1) is 23.4. The average Bonchev–Trinajstić information content (AvgIpc) is 3.40. The largest absolute Gasteiger partial charge is 0.435 e. The van der Waals surface area contributed by atoms with Crippen molar-refractivity contribution in [2.75, 3.05) is 19.8 Å². The topological polar surface area (TPSA) is 79.4 Å². The fraction of sp³-hybridized carbons (Fsp3) is 0.591. The van der Waals surface area contributed by atoms with Crippen molar-refractivity contribution >= 4 is 11.6 Å². The average molecular weight is 470 g/mol. The van der Waals surface area contributed by atoms with Crippen LogP contribution in [0.25, 0.3) is 5.65 Å². The highest BCUT2D eigenvalue weighted by Gasteiger charge is 2.41. The Bertz CT molecular complexity index is 1070. The van der Waals surface area contributed by atoms with Crippen LogP contribution in [0.5, 0.6) is 0 Å². The monoisotopic (exact) mass is 470 g/mol. The molecule has 2 aromatic heterocycles. The number of fused-ring (bicyclic) bond motifs is 1. The molecule has 1 amide bonds. The number of nitriles is 1. The molecule has 11 heteroatoms. The first-order valence-electron chi connectivity index (χ1n) is 10.8. The number of carbonyl (C=O) groups excluding carboxylic acids is 1. The molecule has 178 valence electrons. The third-order valence-corrected chi connectivity index (χ3v) is 6.36. The predicted molar refractivity (Wildman–Crippen MR) is 107 cm³/mol. The number of rotatable bonds is 5. The molecule has 1 unspecified atom stereocenters. The highest BCUT2D eigenvalue weighted by Crippen LogP contribution is 2.40. The molecule has 4 rings (SSSR count). The van der Waals surface area contributed by atoms with Crippen molar-refractivity contribution in [2.45, 2.75) is 50.6 Å². The van der Waals surface area contributed by atoms with E-state index in [0.29, 0.717) is 19.8 Å². The Morgan fingerprint density at radius 3 is 2.58 bits per heavy atom. The van der Waals surface area contributed by atoms with Crippen molar-refractivity contribution in [2.24, 2.45) is 11.8 Å². The van der Waals surface area contributed by atoms with Gasteiger partial charge in [0.05, 0.1) is 12.3 Å². The predicted octanol–water partition coefficient (Wildman–Crippen LogP) is 4.36. The first-order chi connectivity index (χ1) is 15.6. The molecule has 0 bridgehead atoms. The molecule has 2 fully saturated rings. The van der Waals surface area contributed by atoms with E-state index in [9.17, 15) is 32.0 Å². The van der Waals surface area contributed by atoms with Gasteiger partial charge in [-0.3, -0.25) is 9.20 Å². The number of amides is 1. The van der Waals surface area contributed by atoms with Crippen LogP contribution in [0.15, 0.2) is 12.1 Å². The van der Waals surface area contributed by atoms with E-state index in [4.69, 9.17) is 4.74 Å². The van der Waals surface area contributed by atoms with Crippen LogP contribution in [0.2, 0.25) is 0 Å². The summed E-state index contributed by atoms with van der Waals surface area (Å²) < 4.78 is 74.7. The molecule has 33 heavy (non-hydrogen) atoms. The zero-order valence-electron chi connectivity index (χ0n) is 17.7. The van der Waals surface area contributed by atoms with E-state index in [0.717, 1.165) is 10.8 Å². The van der Waals surface area contributed by atoms with Gasteiger partial charge in [0.2, 0.25) is 5.92 Å². The fourth-order valence-corrected chi connectivity index (χ4v) is 4.52. The van der Waals surface area contributed by atoms with Crippen molar-refractivity contribution < 1.29 is 31.5 Å². The summed E-state index contributed by atoms with van der Waals surface area (Å²) >= 11 is 0. The summed E-state index contributed by atoms with van der Waals surface area (Å²) in [6, 6.07) is 4.30. The van der Waals surface area contributed by atoms with Crippen LogP contribution in [-0.4, -0.2) is 41.0 Å². The Kier molecular flexibility index (Phi) is 6.31. The van der Waals surface area contributed by atoms with Crippen LogP contribution < -0.4 is 5.32 Å². The molecule has 1 atom stereocenters. The van der Waals surface area contributed by atoms with Gasteiger partial charge in [-0.25, -0.2) is 13.8 Å². The summed E-state index contributed by atoms with van der Waals surface area (Å²) in [5.41, 5.74) is -1.70. The van der Waals surface area contributed by atoms with Gasteiger partial charge in [-0.1, -0.05) is 0 Å². The maximum atomic E-state index is 13.8. The number of hydrogen-bond acceptors (Lipinski definition) is 4. The van der Waals surface area contributed by atoms with Gasteiger partial charge in [-0.05, 0) is 43.7 Å². The fourth-order valence-electron chi connectivity index (χ4n) is 4.52. The maximum Gasteiger partial charge on any atom is 0.435 e. The van der Waals surface area contributed by atoms with E-state index in [1.54, 1.807) is 0 Å². The summed E-state index contributed by atoms with van der Waals surface area (Å²) in [6.45, 7) is 1.49. The minimum Gasteiger partial charge on any atom is -0.381 e. The van der Waals surface area contributed by atoms with E-state index in [1.807, 2.05) is 6.07 Å². The van der Waals surface area contributed by atoms with E-state index >= 15 is 0 Å². The minimum atomic E-state index is -4.79. The lowest BCUT2D eigenvalue weighted by Crippen LogP contribution is -2.29. The van der Waals surface area contributed by atoms with Gasteiger partial charge in [-0.15, -0.1) is 0 Å². The van der Waals surface area contributed by atoms with Crippen LogP contribution in [0.1, 0.15) is 59.5 Å². The van der Waals surface area contributed by atoms with Gasteiger partial charge in [0, 0.05) is 37.5 Å². The van der Waals surface area contributed by atoms with Gasteiger partial charge < -0.3 is 10.1 Å².